The van der Waals surface area contributed by atoms with Gasteiger partial charge >= 0.3 is 5.97 Å². The quantitative estimate of drug-likeness (QED) is 0.640. The van der Waals surface area contributed by atoms with E-state index < -0.39 is 18.5 Å². The monoisotopic (exact) mass is 412 g/mol. The van der Waals surface area contributed by atoms with Crippen LogP contribution in [-0.2, 0) is 20.7 Å². The molecule has 0 aromatic heterocycles. The lowest BCUT2D eigenvalue weighted by Crippen LogP contribution is -2.30. The SMILES string of the molecule is CCN(CC)C(=O)c1cccc(NC(=O)COC(=O)Cc2ccc(C)c(OC)c2)c1. The molecule has 30 heavy (non-hydrogen) atoms. The minimum absolute atomic E-state index is 0.0395. The Bertz CT molecular complexity index is 906. The van der Waals surface area contributed by atoms with Crippen LogP contribution in [0.1, 0.15) is 35.3 Å². The number of nitrogens with zero attached hydrogens (tertiary/aromatic N) is 1. The Balaban J connectivity index is 1.89. The van der Waals surface area contributed by atoms with Crippen LogP contribution in [0.2, 0.25) is 0 Å². The number of aryl methyl sites for hydroxylation is 1. The molecule has 0 atom stereocenters. The summed E-state index contributed by atoms with van der Waals surface area (Å²) in [7, 11) is 1.57. The number of anilines is 1. The number of amides is 2. The molecular formula is C23H28N2O5. The molecule has 0 aliphatic rings. The van der Waals surface area contributed by atoms with Crippen LogP contribution >= 0.6 is 0 Å². The first-order valence-corrected chi connectivity index (χ1v) is 9.86. The predicted molar refractivity (Wildman–Crippen MR) is 115 cm³/mol. The van der Waals surface area contributed by atoms with E-state index in [2.05, 4.69) is 5.32 Å². The average molecular weight is 412 g/mol. The fraction of sp³-hybridized carbons (Fsp3) is 0.348. The van der Waals surface area contributed by atoms with Gasteiger partial charge in [-0.2, -0.15) is 0 Å². The highest BCUT2D eigenvalue weighted by Crippen LogP contribution is 2.19. The fourth-order valence-corrected chi connectivity index (χ4v) is 2.96. The Kier molecular flexibility index (Phi) is 8.41. The van der Waals surface area contributed by atoms with Crippen LogP contribution in [-0.4, -0.2) is 49.5 Å². The van der Waals surface area contributed by atoms with Gasteiger partial charge in [-0.15, -0.1) is 0 Å². The zero-order chi connectivity index (χ0) is 22.1. The van der Waals surface area contributed by atoms with Gasteiger partial charge in [0.1, 0.15) is 5.75 Å². The molecule has 0 aliphatic carbocycles. The van der Waals surface area contributed by atoms with E-state index in [-0.39, 0.29) is 12.3 Å². The van der Waals surface area contributed by atoms with Gasteiger partial charge in [0.2, 0.25) is 0 Å². The van der Waals surface area contributed by atoms with Crippen molar-refractivity contribution in [2.75, 3.05) is 32.1 Å². The molecule has 0 fully saturated rings. The average Bonchev–Trinajstić information content (AvgIpc) is 2.74. The maximum absolute atomic E-state index is 12.4. The lowest BCUT2D eigenvalue weighted by Gasteiger charge is -2.19. The molecule has 0 unspecified atom stereocenters. The van der Waals surface area contributed by atoms with Crippen LogP contribution in [0.15, 0.2) is 42.5 Å². The minimum Gasteiger partial charge on any atom is -0.496 e. The molecule has 0 bridgehead atoms. The fourth-order valence-electron chi connectivity index (χ4n) is 2.96. The largest absolute Gasteiger partial charge is 0.496 e. The third-order valence-electron chi connectivity index (χ3n) is 4.63. The van der Waals surface area contributed by atoms with Crippen molar-refractivity contribution >= 4 is 23.5 Å². The third-order valence-corrected chi connectivity index (χ3v) is 4.63. The lowest BCUT2D eigenvalue weighted by atomic mass is 10.1. The molecule has 7 nitrogen and oxygen atoms in total. The summed E-state index contributed by atoms with van der Waals surface area (Å²) in [5, 5.41) is 2.65. The van der Waals surface area contributed by atoms with Gasteiger partial charge in [0.05, 0.1) is 13.5 Å². The Morgan fingerprint density at radius 1 is 1.03 bits per heavy atom. The van der Waals surface area contributed by atoms with E-state index >= 15 is 0 Å². The normalized spacial score (nSPS) is 10.3. The van der Waals surface area contributed by atoms with Gasteiger partial charge in [-0.25, -0.2) is 0 Å². The number of rotatable bonds is 9. The summed E-state index contributed by atoms with van der Waals surface area (Å²) in [4.78, 5) is 38.3. The number of hydrogen-bond acceptors (Lipinski definition) is 5. The van der Waals surface area contributed by atoms with Crippen molar-refractivity contribution in [2.45, 2.75) is 27.2 Å². The molecule has 0 saturated heterocycles. The van der Waals surface area contributed by atoms with Crippen molar-refractivity contribution < 1.29 is 23.9 Å². The molecule has 2 rings (SSSR count). The van der Waals surface area contributed by atoms with Gasteiger partial charge in [-0.1, -0.05) is 18.2 Å². The van der Waals surface area contributed by atoms with Gasteiger partial charge in [-0.05, 0) is 56.2 Å². The van der Waals surface area contributed by atoms with E-state index in [1.54, 1.807) is 42.3 Å². The Morgan fingerprint density at radius 2 is 1.77 bits per heavy atom. The second kappa shape index (κ2) is 11.0. The maximum Gasteiger partial charge on any atom is 0.310 e. The van der Waals surface area contributed by atoms with Crippen molar-refractivity contribution in [1.29, 1.82) is 0 Å². The number of ether oxygens (including phenoxy) is 2. The van der Waals surface area contributed by atoms with Crippen molar-refractivity contribution in [1.82, 2.24) is 4.90 Å². The smallest absolute Gasteiger partial charge is 0.310 e. The molecule has 1 N–H and O–H groups in total. The highest BCUT2D eigenvalue weighted by molar-refractivity contribution is 5.97. The van der Waals surface area contributed by atoms with E-state index in [1.807, 2.05) is 32.9 Å². The number of carbonyl (C=O) groups is 3. The summed E-state index contributed by atoms with van der Waals surface area (Å²) in [6, 6.07) is 12.1. The van der Waals surface area contributed by atoms with Crippen LogP contribution in [0, 0.1) is 6.92 Å². The summed E-state index contributed by atoms with van der Waals surface area (Å²) in [6.07, 6.45) is 0.0395. The first-order valence-electron chi connectivity index (χ1n) is 9.86. The first-order chi connectivity index (χ1) is 14.4. The van der Waals surface area contributed by atoms with Crippen LogP contribution in [0.25, 0.3) is 0 Å². The standard InChI is InChI=1S/C23H28N2O5/c1-5-25(6-2)23(28)18-8-7-9-19(14-18)24-21(26)15-30-22(27)13-17-11-10-16(3)20(12-17)29-4/h7-12,14H,5-6,13,15H2,1-4H3,(H,24,26). The maximum atomic E-state index is 12.4. The number of esters is 1. The molecule has 7 heteroatoms. The second-order valence-corrected chi connectivity index (χ2v) is 6.75. The zero-order valence-electron chi connectivity index (χ0n) is 17.9. The van der Waals surface area contributed by atoms with Gasteiger partial charge < -0.3 is 19.7 Å². The second-order valence-electron chi connectivity index (χ2n) is 6.75. The number of methoxy groups -OCH3 is 1. The van der Waals surface area contributed by atoms with E-state index in [1.165, 1.54) is 0 Å². The molecule has 0 heterocycles. The van der Waals surface area contributed by atoms with Gasteiger partial charge in [0.25, 0.3) is 11.8 Å². The Morgan fingerprint density at radius 3 is 2.43 bits per heavy atom. The number of nitrogens with one attached hydrogen (secondary N) is 1. The molecule has 160 valence electrons. The Hall–Kier alpha value is -3.35. The highest BCUT2D eigenvalue weighted by atomic mass is 16.5. The van der Waals surface area contributed by atoms with Crippen LogP contribution in [0.4, 0.5) is 5.69 Å². The summed E-state index contributed by atoms with van der Waals surface area (Å²) >= 11 is 0. The molecule has 0 spiro atoms. The van der Waals surface area contributed by atoms with Crippen molar-refractivity contribution in [2.24, 2.45) is 0 Å². The molecule has 0 radical (unpaired) electrons. The third kappa shape index (κ3) is 6.34. The molecule has 2 aromatic carbocycles. The van der Waals surface area contributed by atoms with Crippen LogP contribution in [0.5, 0.6) is 5.75 Å². The van der Waals surface area contributed by atoms with Crippen molar-refractivity contribution in [3.63, 3.8) is 0 Å². The predicted octanol–water partition coefficient (Wildman–Crippen LogP) is 3.21. The summed E-state index contributed by atoms with van der Waals surface area (Å²) in [6.45, 7) is 6.54. The molecule has 2 amide bonds. The van der Waals surface area contributed by atoms with E-state index in [0.717, 1.165) is 11.1 Å². The lowest BCUT2D eigenvalue weighted by molar-refractivity contribution is -0.146. The molecular weight excluding hydrogens is 384 g/mol. The highest BCUT2D eigenvalue weighted by Gasteiger charge is 2.14. The summed E-state index contributed by atoms with van der Waals surface area (Å²) < 4.78 is 10.3. The van der Waals surface area contributed by atoms with Gasteiger partial charge in [0, 0.05) is 24.3 Å². The first kappa shape index (κ1) is 22.9. The van der Waals surface area contributed by atoms with Crippen molar-refractivity contribution in [3.05, 3.63) is 59.2 Å². The summed E-state index contributed by atoms with van der Waals surface area (Å²) in [5.74, 6) is -0.396. The van der Waals surface area contributed by atoms with Crippen LogP contribution < -0.4 is 10.1 Å². The molecule has 0 aliphatic heterocycles. The molecule has 0 saturated carbocycles. The van der Waals surface area contributed by atoms with E-state index in [9.17, 15) is 14.4 Å². The minimum atomic E-state index is -0.512. The Labute approximate surface area is 177 Å². The van der Waals surface area contributed by atoms with Gasteiger partial charge in [0.15, 0.2) is 6.61 Å². The number of carbonyl (C=O) groups excluding carboxylic acids is 3. The topological polar surface area (TPSA) is 84.9 Å². The van der Waals surface area contributed by atoms with E-state index in [4.69, 9.17) is 9.47 Å². The van der Waals surface area contributed by atoms with E-state index in [0.29, 0.717) is 30.1 Å². The number of hydrogen-bond donors (Lipinski definition) is 1. The van der Waals surface area contributed by atoms with Gasteiger partial charge in [-0.3, -0.25) is 14.4 Å². The van der Waals surface area contributed by atoms with Crippen LogP contribution in [0.3, 0.4) is 0 Å². The zero-order valence-corrected chi connectivity index (χ0v) is 17.9. The molecule has 2 aromatic rings. The summed E-state index contributed by atoms with van der Waals surface area (Å²) in [5.41, 5.74) is 2.67. The van der Waals surface area contributed by atoms with Crippen molar-refractivity contribution in [3.8, 4) is 5.75 Å². The number of benzene rings is 2.